The Balaban J connectivity index is 2.00. The predicted octanol–water partition coefficient (Wildman–Crippen LogP) is 3.55. The van der Waals surface area contributed by atoms with Crippen molar-refractivity contribution < 1.29 is 9.84 Å². The van der Waals surface area contributed by atoms with E-state index < -0.39 is 0 Å². The van der Waals surface area contributed by atoms with Crippen LogP contribution in [0.15, 0.2) is 22.7 Å². The molecule has 1 N–H and O–H groups in total. The molecule has 0 saturated heterocycles. The molecule has 1 aliphatic carbocycles. The van der Waals surface area contributed by atoms with Crippen molar-refractivity contribution in [2.45, 2.75) is 38.2 Å². The number of hydrogen-bond acceptors (Lipinski definition) is 2. The van der Waals surface area contributed by atoms with Gasteiger partial charge in [-0.1, -0.05) is 18.9 Å². The van der Waals surface area contributed by atoms with Crippen LogP contribution in [0.2, 0.25) is 0 Å². The minimum atomic E-state index is -0.196. The van der Waals surface area contributed by atoms with Gasteiger partial charge < -0.3 is 9.84 Å². The fourth-order valence-electron chi connectivity index (χ4n) is 2.59. The van der Waals surface area contributed by atoms with Gasteiger partial charge in [-0.2, -0.15) is 0 Å². The second-order valence-corrected chi connectivity index (χ2v) is 5.64. The zero-order valence-corrected chi connectivity index (χ0v) is 11.7. The number of hydrogen-bond donors (Lipinski definition) is 1. The molecule has 17 heavy (non-hydrogen) atoms. The van der Waals surface area contributed by atoms with Crippen LogP contribution in [-0.4, -0.2) is 18.3 Å². The van der Waals surface area contributed by atoms with E-state index in [1.807, 2.05) is 18.2 Å². The van der Waals surface area contributed by atoms with Gasteiger partial charge in [0.25, 0.3) is 0 Å². The van der Waals surface area contributed by atoms with Gasteiger partial charge in [-0.3, -0.25) is 0 Å². The molecule has 0 heterocycles. The highest BCUT2D eigenvalue weighted by atomic mass is 79.9. The van der Waals surface area contributed by atoms with E-state index in [0.29, 0.717) is 5.92 Å². The van der Waals surface area contributed by atoms with Gasteiger partial charge in [-0.15, -0.1) is 0 Å². The highest BCUT2D eigenvalue weighted by Crippen LogP contribution is 2.31. The number of benzene rings is 1. The molecule has 0 amide bonds. The Bertz CT molecular complexity index is 372. The molecule has 1 aliphatic rings. The molecule has 0 aromatic heterocycles. The maximum absolute atomic E-state index is 10.2. The van der Waals surface area contributed by atoms with E-state index in [1.54, 1.807) is 7.11 Å². The molecule has 0 bridgehead atoms. The third-order valence-corrected chi connectivity index (χ3v) is 4.22. The average molecular weight is 299 g/mol. The molecule has 1 aromatic carbocycles. The molecule has 1 unspecified atom stereocenters. The first-order chi connectivity index (χ1) is 8.20. The minimum absolute atomic E-state index is 0.196. The molecule has 0 radical (unpaired) electrons. The summed E-state index contributed by atoms with van der Waals surface area (Å²) in [5.74, 6) is 1.33. The van der Waals surface area contributed by atoms with Crippen LogP contribution in [-0.2, 0) is 6.42 Å². The lowest BCUT2D eigenvalue weighted by molar-refractivity contribution is 0.111. The minimum Gasteiger partial charge on any atom is -0.496 e. The van der Waals surface area contributed by atoms with Crippen molar-refractivity contribution >= 4 is 15.9 Å². The van der Waals surface area contributed by atoms with Crippen molar-refractivity contribution in [3.8, 4) is 5.75 Å². The Labute approximate surface area is 111 Å². The summed E-state index contributed by atoms with van der Waals surface area (Å²) in [6, 6.07) is 6.01. The SMILES string of the molecule is COc1ccc(CC(O)C2CCCC2)cc1Br. The van der Waals surface area contributed by atoms with Gasteiger partial charge >= 0.3 is 0 Å². The number of aliphatic hydroxyl groups excluding tert-OH is 1. The van der Waals surface area contributed by atoms with Crippen LogP contribution in [0, 0.1) is 5.92 Å². The van der Waals surface area contributed by atoms with Crippen molar-refractivity contribution in [3.05, 3.63) is 28.2 Å². The monoisotopic (exact) mass is 298 g/mol. The van der Waals surface area contributed by atoms with E-state index >= 15 is 0 Å². The summed E-state index contributed by atoms with van der Waals surface area (Å²) in [4.78, 5) is 0. The zero-order chi connectivity index (χ0) is 12.3. The second kappa shape index (κ2) is 5.87. The molecule has 2 nitrogen and oxygen atoms in total. The van der Waals surface area contributed by atoms with Crippen LogP contribution in [0.1, 0.15) is 31.2 Å². The second-order valence-electron chi connectivity index (χ2n) is 4.78. The van der Waals surface area contributed by atoms with Gasteiger partial charge in [-0.25, -0.2) is 0 Å². The first-order valence-corrected chi connectivity index (χ1v) is 7.00. The fourth-order valence-corrected chi connectivity index (χ4v) is 3.18. The maximum atomic E-state index is 10.2. The predicted molar refractivity (Wildman–Crippen MR) is 72.4 cm³/mol. The average Bonchev–Trinajstić information content (AvgIpc) is 2.82. The highest BCUT2D eigenvalue weighted by Gasteiger charge is 2.23. The number of halogens is 1. The van der Waals surface area contributed by atoms with Crippen molar-refractivity contribution in [3.63, 3.8) is 0 Å². The standard InChI is InChI=1S/C14H19BrO2/c1-17-14-7-6-10(8-12(14)15)9-13(16)11-4-2-3-5-11/h6-8,11,13,16H,2-5,9H2,1H3. The Morgan fingerprint density at radius 1 is 1.41 bits per heavy atom. The molecule has 2 rings (SSSR count). The molecular weight excluding hydrogens is 280 g/mol. The molecule has 1 atom stereocenters. The van der Waals surface area contributed by atoms with Crippen LogP contribution in [0.4, 0.5) is 0 Å². The summed E-state index contributed by atoms with van der Waals surface area (Å²) >= 11 is 3.47. The van der Waals surface area contributed by atoms with Crippen LogP contribution in [0.3, 0.4) is 0 Å². The van der Waals surface area contributed by atoms with Crippen LogP contribution in [0.5, 0.6) is 5.75 Å². The Morgan fingerprint density at radius 3 is 2.71 bits per heavy atom. The summed E-state index contributed by atoms with van der Waals surface area (Å²) < 4.78 is 6.15. The zero-order valence-electron chi connectivity index (χ0n) is 10.2. The third kappa shape index (κ3) is 3.23. The van der Waals surface area contributed by atoms with Crippen LogP contribution >= 0.6 is 15.9 Å². The van der Waals surface area contributed by atoms with Gasteiger partial charge in [0.15, 0.2) is 0 Å². The van der Waals surface area contributed by atoms with E-state index in [4.69, 9.17) is 4.74 Å². The Morgan fingerprint density at radius 2 is 2.12 bits per heavy atom. The molecular formula is C14H19BrO2. The van der Waals surface area contributed by atoms with Crippen molar-refractivity contribution in [1.29, 1.82) is 0 Å². The van der Waals surface area contributed by atoms with Crippen molar-refractivity contribution in [1.82, 2.24) is 0 Å². The summed E-state index contributed by atoms with van der Waals surface area (Å²) in [7, 11) is 1.66. The molecule has 0 spiro atoms. The summed E-state index contributed by atoms with van der Waals surface area (Å²) in [5, 5.41) is 10.2. The van der Waals surface area contributed by atoms with Crippen molar-refractivity contribution in [2.75, 3.05) is 7.11 Å². The lowest BCUT2D eigenvalue weighted by Crippen LogP contribution is -2.20. The molecule has 3 heteroatoms. The molecule has 1 aromatic rings. The first-order valence-electron chi connectivity index (χ1n) is 6.21. The van der Waals surface area contributed by atoms with Gasteiger partial charge in [0.05, 0.1) is 17.7 Å². The normalized spacial score (nSPS) is 18.3. The third-order valence-electron chi connectivity index (χ3n) is 3.61. The summed E-state index contributed by atoms with van der Waals surface area (Å²) in [6.45, 7) is 0. The maximum Gasteiger partial charge on any atom is 0.133 e. The van der Waals surface area contributed by atoms with Gasteiger partial charge in [0, 0.05) is 0 Å². The first kappa shape index (κ1) is 12.9. The van der Waals surface area contributed by atoms with Gasteiger partial charge in [0.2, 0.25) is 0 Å². The summed E-state index contributed by atoms with van der Waals surface area (Å²) in [6.07, 6.45) is 5.45. The Hall–Kier alpha value is -0.540. The van der Waals surface area contributed by atoms with Crippen LogP contribution in [0.25, 0.3) is 0 Å². The largest absolute Gasteiger partial charge is 0.496 e. The van der Waals surface area contributed by atoms with Crippen LogP contribution < -0.4 is 4.74 Å². The Kier molecular flexibility index (Phi) is 4.46. The summed E-state index contributed by atoms with van der Waals surface area (Å²) in [5.41, 5.74) is 1.16. The van der Waals surface area contributed by atoms with Crippen molar-refractivity contribution in [2.24, 2.45) is 5.92 Å². The number of methoxy groups -OCH3 is 1. The molecule has 94 valence electrons. The fraction of sp³-hybridized carbons (Fsp3) is 0.571. The number of aliphatic hydroxyl groups is 1. The topological polar surface area (TPSA) is 29.5 Å². The lowest BCUT2D eigenvalue weighted by Gasteiger charge is -2.18. The van der Waals surface area contributed by atoms with E-state index in [9.17, 15) is 5.11 Å². The van der Waals surface area contributed by atoms with E-state index in [-0.39, 0.29) is 6.10 Å². The molecule has 0 aliphatic heterocycles. The van der Waals surface area contributed by atoms with Gasteiger partial charge in [0.1, 0.15) is 5.75 Å². The smallest absolute Gasteiger partial charge is 0.133 e. The van der Waals surface area contributed by atoms with E-state index in [2.05, 4.69) is 15.9 Å². The molecule has 1 saturated carbocycles. The number of ether oxygens (including phenoxy) is 1. The lowest BCUT2D eigenvalue weighted by atomic mass is 9.95. The van der Waals surface area contributed by atoms with Gasteiger partial charge in [-0.05, 0) is 58.8 Å². The highest BCUT2D eigenvalue weighted by molar-refractivity contribution is 9.10. The van der Waals surface area contributed by atoms with E-state index in [0.717, 1.165) is 22.2 Å². The quantitative estimate of drug-likeness (QED) is 0.921. The number of rotatable bonds is 4. The van der Waals surface area contributed by atoms with E-state index in [1.165, 1.54) is 25.7 Å². The molecule has 1 fully saturated rings.